The first-order chi connectivity index (χ1) is 14.4. The largest absolute Gasteiger partial charge is 0.477 e. The van der Waals surface area contributed by atoms with Crippen LogP contribution >= 0.6 is 23.2 Å². The zero-order valence-electron chi connectivity index (χ0n) is 17.2. The van der Waals surface area contributed by atoms with Crippen LogP contribution in [0.4, 0.5) is 0 Å². The van der Waals surface area contributed by atoms with Crippen LogP contribution in [0.15, 0.2) is 58.5 Å². The smallest absolute Gasteiger partial charge is 0.216 e. The molecule has 0 amide bonds. The van der Waals surface area contributed by atoms with Gasteiger partial charge in [-0.05, 0) is 74.9 Å². The number of nitrogens with zero attached hydrogens (tertiary/aromatic N) is 2. The molecule has 0 N–H and O–H groups in total. The fourth-order valence-electron chi connectivity index (χ4n) is 4.01. The Bertz CT molecular complexity index is 944. The molecule has 4 rings (SSSR count). The Hall–Kier alpha value is -2.04. The summed E-state index contributed by atoms with van der Waals surface area (Å²) in [6, 6.07) is 16.0. The third kappa shape index (κ3) is 4.65. The van der Waals surface area contributed by atoms with Crippen molar-refractivity contribution in [2.75, 3.05) is 0 Å². The van der Waals surface area contributed by atoms with E-state index >= 15 is 0 Å². The van der Waals surface area contributed by atoms with Gasteiger partial charge in [-0.1, -0.05) is 47.5 Å². The number of halogens is 2. The van der Waals surface area contributed by atoms with Crippen LogP contribution in [0.5, 0.6) is 0 Å². The summed E-state index contributed by atoms with van der Waals surface area (Å²) in [6.07, 6.45) is 4.94. The van der Waals surface area contributed by atoms with Crippen LogP contribution in [0.2, 0.25) is 10.0 Å². The third-order valence-electron chi connectivity index (χ3n) is 5.94. The quantitative estimate of drug-likeness (QED) is 0.530. The van der Waals surface area contributed by atoms with Crippen LogP contribution in [0.1, 0.15) is 37.8 Å². The van der Waals surface area contributed by atoms with E-state index in [0.717, 1.165) is 35.7 Å². The van der Waals surface area contributed by atoms with E-state index in [2.05, 4.69) is 30.1 Å². The first kappa shape index (κ1) is 21.2. The highest BCUT2D eigenvalue weighted by molar-refractivity contribution is 6.30. The summed E-state index contributed by atoms with van der Waals surface area (Å²) < 4.78 is 12.2. The van der Waals surface area contributed by atoms with Crippen LogP contribution in [0.3, 0.4) is 0 Å². The van der Waals surface area contributed by atoms with Crippen molar-refractivity contribution in [2.45, 2.75) is 63.3 Å². The summed E-state index contributed by atoms with van der Waals surface area (Å²) in [5, 5.41) is 1.50. The van der Waals surface area contributed by atoms with Crippen molar-refractivity contribution in [3.05, 3.63) is 69.7 Å². The fraction of sp³-hybridized carbons (Fsp3) is 0.417. The van der Waals surface area contributed by atoms with E-state index in [-0.39, 0.29) is 18.2 Å². The molecule has 30 heavy (non-hydrogen) atoms. The molecule has 4 atom stereocenters. The van der Waals surface area contributed by atoms with Crippen LogP contribution in [-0.2, 0) is 22.3 Å². The summed E-state index contributed by atoms with van der Waals surface area (Å²) in [6.45, 7) is 4.15. The Morgan fingerprint density at radius 3 is 2.50 bits per heavy atom. The number of benzene rings is 2. The highest BCUT2D eigenvalue weighted by Gasteiger charge is 2.48. The van der Waals surface area contributed by atoms with Crippen molar-refractivity contribution in [3.63, 3.8) is 0 Å². The van der Waals surface area contributed by atoms with Gasteiger partial charge in [-0.2, -0.15) is 0 Å². The van der Waals surface area contributed by atoms with Crippen LogP contribution in [-0.4, -0.2) is 36.1 Å². The number of ether oxygens (including phenoxy) is 2. The van der Waals surface area contributed by atoms with Crippen molar-refractivity contribution in [1.29, 1.82) is 0 Å². The predicted octanol–water partition coefficient (Wildman–Crippen LogP) is 5.93. The second kappa shape index (κ2) is 8.99. The van der Waals surface area contributed by atoms with Crippen LogP contribution in [0, 0.1) is 0 Å². The summed E-state index contributed by atoms with van der Waals surface area (Å²) >= 11 is 12.1. The molecule has 0 aromatic heterocycles. The first-order valence-corrected chi connectivity index (χ1v) is 11.1. The predicted molar refractivity (Wildman–Crippen MR) is 123 cm³/mol. The maximum Gasteiger partial charge on any atom is 0.216 e. The summed E-state index contributed by atoms with van der Waals surface area (Å²) in [7, 11) is 0. The van der Waals surface area contributed by atoms with Crippen LogP contribution < -0.4 is 0 Å². The van der Waals surface area contributed by atoms with Gasteiger partial charge in [-0.15, -0.1) is 0 Å². The lowest BCUT2D eigenvalue weighted by Gasteiger charge is -2.28. The highest BCUT2D eigenvalue weighted by Crippen LogP contribution is 2.34. The van der Waals surface area contributed by atoms with Crippen molar-refractivity contribution >= 4 is 35.5 Å². The Morgan fingerprint density at radius 2 is 1.73 bits per heavy atom. The minimum Gasteiger partial charge on any atom is -0.477 e. The molecule has 0 fully saturated rings. The minimum atomic E-state index is -0.595. The average Bonchev–Trinajstić information content (AvgIpc) is 3.29. The third-order valence-corrected chi connectivity index (χ3v) is 6.43. The number of hydrogen-bond donors (Lipinski definition) is 0. The molecule has 158 valence electrons. The molecule has 0 saturated carbocycles. The van der Waals surface area contributed by atoms with Gasteiger partial charge in [0.25, 0.3) is 0 Å². The zero-order valence-corrected chi connectivity index (χ0v) is 18.7. The van der Waals surface area contributed by atoms with Gasteiger partial charge in [-0.3, -0.25) is 0 Å². The molecule has 0 bridgehead atoms. The molecule has 2 aromatic carbocycles. The molecule has 0 aliphatic carbocycles. The lowest BCUT2D eigenvalue weighted by atomic mass is 9.91. The van der Waals surface area contributed by atoms with Crippen molar-refractivity contribution < 1.29 is 9.47 Å². The highest BCUT2D eigenvalue weighted by atomic mass is 35.5. The van der Waals surface area contributed by atoms with E-state index in [1.54, 1.807) is 6.40 Å². The molecule has 4 nitrogen and oxygen atoms in total. The number of rotatable bonds is 7. The molecule has 2 aliphatic rings. The SMILES string of the molecule is CC1N=C(C2(C)N=COC2CCc2cccc(Cl)c2)OC1CCc1ccc(Cl)cc1. The normalized spacial score (nSPS) is 27.6. The van der Waals surface area contributed by atoms with Gasteiger partial charge in [0.1, 0.15) is 12.2 Å². The Morgan fingerprint density at radius 1 is 0.967 bits per heavy atom. The van der Waals surface area contributed by atoms with Gasteiger partial charge in [0.15, 0.2) is 11.9 Å². The standard InChI is InChI=1S/C24H26Cl2N2O2/c1-16-21(12-8-17-6-10-19(25)11-7-17)30-23(28-16)24(2)22(29-15-27-24)13-9-18-4-3-5-20(26)14-18/h3-7,10-11,14-16,21-22H,8-9,12-13H2,1-2H3. The van der Waals surface area contributed by atoms with Crippen LogP contribution in [0.25, 0.3) is 0 Å². The van der Waals surface area contributed by atoms with Gasteiger partial charge in [-0.25, -0.2) is 9.98 Å². The molecular weight excluding hydrogens is 419 g/mol. The molecular formula is C24H26Cl2N2O2. The zero-order chi connectivity index (χ0) is 21.1. The first-order valence-electron chi connectivity index (χ1n) is 10.4. The van der Waals surface area contributed by atoms with Gasteiger partial charge in [0, 0.05) is 10.0 Å². The summed E-state index contributed by atoms with van der Waals surface area (Å²) in [5.74, 6) is 0.681. The Kier molecular flexibility index (Phi) is 6.35. The maximum atomic E-state index is 6.32. The van der Waals surface area contributed by atoms with Crippen molar-refractivity contribution in [3.8, 4) is 0 Å². The minimum absolute atomic E-state index is 0.0388. The molecule has 6 heteroatoms. The lowest BCUT2D eigenvalue weighted by molar-refractivity contribution is 0.133. The molecule has 2 aromatic rings. The summed E-state index contributed by atoms with van der Waals surface area (Å²) in [4.78, 5) is 9.44. The van der Waals surface area contributed by atoms with E-state index in [4.69, 9.17) is 37.7 Å². The van der Waals surface area contributed by atoms with Gasteiger partial charge in [0.2, 0.25) is 5.90 Å². The molecule has 2 heterocycles. The van der Waals surface area contributed by atoms with E-state index in [1.165, 1.54) is 11.1 Å². The maximum absolute atomic E-state index is 6.32. The van der Waals surface area contributed by atoms with Gasteiger partial charge >= 0.3 is 0 Å². The molecule has 0 saturated heterocycles. The number of aliphatic imine (C=N–C) groups is 2. The Labute approximate surface area is 187 Å². The fourth-order valence-corrected chi connectivity index (χ4v) is 4.35. The number of aryl methyl sites for hydroxylation is 2. The topological polar surface area (TPSA) is 43.2 Å². The molecule has 0 spiro atoms. The number of hydrogen-bond acceptors (Lipinski definition) is 4. The van der Waals surface area contributed by atoms with Gasteiger partial charge < -0.3 is 9.47 Å². The van der Waals surface area contributed by atoms with E-state index in [9.17, 15) is 0 Å². The monoisotopic (exact) mass is 444 g/mol. The molecule has 2 aliphatic heterocycles. The van der Waals surface area contributed by atoms with Crippen molar-refractivity contribution in [1.82, 2.24) is 0 Å². The lowest BCUT2D eigenvalue weighted by Crippen LogP contribution is -2.44. The Balaban J connectivity index is 1.37. The van der Waals surface area contributed by atoms with Gasteiger partial charge in [0.05, 0.1) is 6.04 Å². The molecule has 0 radical (unpaired) electrons. The summed E-state index contributed by atoms with van der Waals surface area (Å²) in [5.41, 5.74) is 1.84. The van der Waals surface area contributed by atoms with E-state index in [1.807, 2.05) is 37.3 Å². The van der Waals surface area contributed by atoms with E-state index < -0.39 is 5.54 Å². The second-order valence-corrected chi connectivity index (χ2v) is 9.04. The average molecular weight is 445 g/mol. The van der Waals surface area contributed by atoms with E-state index in [0.29, 0.717) is 5.90 Å². The van der Waals surface area contributed by atoms with Crippen molar-refractivity contribution in [2.24, 2.45) is 9.98 Å². The molecule has 4 unspecified atom stereocenters. The second-order valence-electron chi connectivity index (χ2n) is 8.17.